The highest BCUT2D eigenvalue weighted by Gasteiger charge is 2.20. The Morgan fingerprint density at radius 2 is 2.00 bits per heavy atom. The molecule has 1 heterocycles. The Kier molecular flexibility index (Phi) is 11.1. The summed E-state index contributed by atoms with van der Waals surface area (Å²) in [5.74, 6) is 1.67. The molecule has 0 aromatic rings. The maximum absolute atomic E-state index is 5.58. The van der Waals surface area contributed by atoms with Crippen LogP contribution in [0.25, 0.3) is 0 Å². The minimum atomic E-state index is 0.716. The van der Waals surface area contributed by atoms with Crippen LogP contribution >= 0.6 is 0 Å². The van der Waals surface area contributed by atoms with Crippen LogP contribution in [0.2, 0.25) is 0 Å². The van der Waals surface area contributed by atoms with Gasteiger partial charge in [-0.15, -0.1) is 0 Å². The zero-order valence-corrected chi connectivity index (χ0v) is 14.9. The van der Waals surface area contributed by atoms with E-state index in [4.69, 9.17) is 9.73 Å². The fraction of sp³-hybridized carbons (Fsp3) is 0.941. The van der Waals surface area contributed by atoms with Gasteiger partial charge in [-0.25, -0.2) is 0 Å². The topological polar surface area (TPSA) is 48.9 Å². The van der Waals surface area contributed by atoms with Crippen LogP contribution in [0.15, 0.2) is 4.99 Å². The van der Waals surface area contributed by atoms with Crippen molar-refractivity contribution in [3.05, 3.63) is 0 Å². The predicted molar refractivity (Wildman–Crippen MR) is 94.5 cm³/mol. The van der Waals surface area contributed by atoms with Crippen molar-refractivity contribution in [2.45, 2.75) is 46.5 Å². The molecule has 22 heavy (non-hydrogen) atoms. The fourth-order valence-electron chi connectivity index (χ4n) is 2.64. The summed E-state index contributed by atoms with van der Waals surface area (Å²) in [5.41, 5.74) is 0. The molecule has 0 amide bonds. The molecule has 1 saturated heterocycles. The average molecular weight is 313 g/mol. The molecule has 0 saturated carbocycles. The number of nitrogens with one attached hydrogen (secondary N) is 2. The zero-order chi connectivity index (χ0) is 16.0. The summed E-state index contributed by atoms with van der Waals surface area (Å²) in [4.78, 5) is 7.25. The highest BCUT2D eigenvalue weighted by atomic mass is 16.5. The Bertz CT molecular complexity index is 296. The first-order valence-corrected chi connectivity index (χ1v) is 9.12. The molecular weight excluding hydrogens is 276 g/mol. The van der Waals surface area contributed by atoms with Crippen LogP contribution in [-0.4, -0.2) is 63.3 Å². The lowest BCUT2D eigenvalue weighted by Gasteiger charge is -2.14. The zero-order valence-electron chi connectivity index (χ0n) is 14.9. The van der Waals surface area contributed by atoms with Crippen LogP contribution in [0, 0.1) is 5.92 Å². The fourth-order valence-corrected chi connectivity index (χ4v) is 2.64. The third kappa shape index (κ3) is 8.59. The van der Waals surface area contributed by atoms with E-state index in [0.29, 0.717) is 5.92 Å². The maximum Gasteiger partial charge on any atom is 0.191 e. The van der Waals surface area contributed by atoms with Crippen molar-refractivity contribution >= 4 is 5.96 Å². The van der Waals surface area contributed by atoms with Gasteiger partial charge in [-0.2, -0.15) is 0 Å². The smallest absolute Gasteiger partial charge is 0.191 e. The van der Waals surface area contributed by atoms with Gasteiger partial charge in [0, 0.05) is 39.4 Å². The molecule has 1 unspecified atom stereocenters. The molecule has 0 spiro atoms. The molecule has 0 radical (unpaired) electrons. The number of likely N-dealkylation sites (tertiary alicyclic amines) is 1. The summed E-state index contributed by atoms with van der Waals surface area (Å²) in [7, 11) is 0. The van der Waals surface area contributed by atoms with Gasteiger partial charge in [0.2, 0.25) is 0 Å². The van der Waals surface area contributed by atoms with Gasteiger partial charge in [0.1, 0.15) is 0 Å². The van der Waals surface area contributed by atoms with E-state index < -0.39 is 0 Å². The molecule has 1 atom stereocenters. The monoisotopic (exact) mass is 312 g/mol. The van der Waals surface area contributed by atoms with Crippen LogP contribution in [0.5, 0.6) is 0 Å². The highest BCUT2D eigenvalue weighted by Crippen LogP contribution is 2.15. The molecule has 0 aromatic carbocycles. The lowest BCUT2D eigenvalue weighted by molar-refractivity contribution is 0.129. The molecule has 1 aliphatic rings. The van der Waals surface area contributed by atoms with Gasteiger partial charge < -0.3 is 20.3 Å². The Balaban J connectivity index is 2.16. The van der Waals surface area contributed by atoms with Gasteiger partial charge in [-0.1, -0.05) is 20.3 Å². The molecule has 0 aromatic heterocycles. The van der Waals surface area contributed by atoms with E-state index in [-0.39, 0.29) is 0 Å². The van der Waals surface area contributed by atoms with E-state index in [1.165, 1.54) is 25.9 Å². The van der Waals surface area contributed by atoms with Crippen molar-refractivity contribution in [1.29, 1.82) is 0 Å². The highest BCUT2D eigenvalue weighted by molar-refractivity contribution is 5.79. The van der Waals surface area contributed by atoms with Crippen LogP contribution in [0.3, 0.4) is 0 Å². The number of unbranched alkanes of at least 4 members (excludes halogenated alkanes) is 1. The van der Waals surface area contributed by atoms with Gasteiger partial charge in [0.25, 0.3) is 0 Å². The first-order chi connectivity index (χ1) is 10.8. The average Bonchev–Trinajstić information content (AvgIpc) is 2.99. The van der Waals surface area contributed by atoms with E-state index in [1.807, 2.05) is 0 Å². The Morgan fingerprint density at radius 1 is 1.18 bits per heavy atom. The lowest BCUT2D eigenvalue weighted by Crippen LogP contribution is -2.38. The summed E-state index contributed by atoms with van der Waals surface area (Å²) in [6.07, 6.45) is 4.67. The Morgan fingerprint density at radius 3 is 2.68 bits per heavy atom. The minimum absolute atomic E-state index is 0.716. The molecule has 1 fully saturated rings. The van der Waals surface area contributed by atoms with E-state index >= 15 is 0 Å². The first-order valence-electron chi connectivity index (χ1n) is 9.12. The molecule has 5 heteroatoms. The van der Waals surface area contributed by atoms with Crippen LogP contribution < -0.4 is 10.6 Å². The number of hydrogen-bond acceptors (Lipinski definition) is 3. The van der Waals surface area contributed by atoms with E-state index in [0.717, 1.165) is 58.2 Å². The summed E-state index contributed by atoms with van der Waals surface area (Å²) < 4.78 is 5.58. The molecule has 0 aliphatic carbocycles. The number of rotatable bonds is 11. The quantitative estimate of drug-likeness (QED) is 0.348. The lowest BCUT2D eigenvalue weighted by atomic mass is 10.1. The minimum Gasteiger partial charge on any atom is -0.381 e. The standard InChI is InChI=1S/C17H36N4O/c1-4-7-12-22-13-8-10-19-17(18-5-2)20-14-16-9-11-21(6-3)15-16/h16H,4-15H2,1-3H3,(H2,18,19,20). The first kappa shape index (κ1) is 19.2. The molecular formula is C17H36N4O. The molecule has 1 rings (SSSR count). The molecule has 1 aliphatic heterocycles. The Labute approximate surface area is 136 Å². The number of nitrogens with zero attached hydrogens (tertiary/aromatic N) is 2. The second-order valence-corrected chi connectivity index (χ2v) is 6.01. The van der Waals surface area contributed by atoms with Crippen molar-refractivity contribution < 1.29 is 4.74 Å². The molecule has 0 bridgehead atoms. The largest absolute Gasteiger partial charge is 0.381 e. The van der Waals surface area contributed by atoms with Crippen LogP contribution in [-0.2, 0) is 4.74 Å². The Hall–Kier alpha value is -0.810. The van der Waals surface area contributed by atoms with Gasteiger partial charge in [0.05, 0.1) is 0 Å². The third-order valence-electron chi connectivity index (χ3n) is 4.07. The molecule has 130 valence electrons. The van der Waals surface area contributed by atoms with Gasteiger partial charge in [-0.05, 0) is 45.2 Å². The summed E-state index contributed by atoms with van der Waals surface area (Å²) in [6.45, 7) is 14.6. The maximum atomic E-state index is 5.58. The van der Waals surface area contributed by atoms with Gasteiger partial charge in [-0.3, -0.25) is 4.99 Å². The number of hydrogen-bond donors (Lipinski definition) is 2. The summed E-state index contributed by atoms with van der Waals surface area (Å²) in [5, 5.41) is 6.73. The van der Waals surface area contributed by atoms with E-state index in [9.17, 15) is 0 Å². The van der Waals surface area contributed by atoms with E-state index in [1.54, 1.807) is 0 Å². The molecule has 5 nitrogen and oxygen atoms in total. The summed E-state index contributed by atoms with van der Waals surface area (Å²) >= 11 is 0. The van der Waals surface area contributed by atoms with Crippen molar-refractivity contribution in [2.75, 3.05) is 52.5 Å². The third-order valence-corrected chi connectivity index (χ3v) is 4.07. The van der Waals surface area contributed by atoms with Crippen LogP contribution in [0.4, 0.5) is 0 Å². The van der Waals surface area contributed by atoms with Crippen molar-refractivity contribution in [3.63, 3.8) is 0 Å². The second-order valence-electron chi connectivity index (χ2n) is 6.01. The van der Waals surface area contributed by atoms with Gasteiger partial charge in [0.15, 0.2) is 5.96 Å². The number of ether oxygens (including phenoxy) is 1. The van der Waals surface area contributed by atoms with Crippen molar-refractivity contribution in [1.82, 2.24) is 15.5 Å². The van der Waals surface area contributed by atoms with Gasteiger partial charge >= 0.3 is 0 Å². The van der Waals surface area contributed by atoms with Crippen LogP contribution in [0.1, 0.15) is 46.5 Å². The van der Waals surface area contributed by atoms with E-state index in [2.05, 4.69) is 36.3 Å². The number of guanidine groups is 1. The van der Waals surface area contributed by atoms with Crippen molar-refractivity contribution in [3.8, 4) is 0 Å². The normalized spacial score (nSPS) is 19.6. The summed E-state index contributed by atoms with van der Waals surface area (Å²) in [6, 6.07) is 0. The van der Waals surface area contributed by atoms with Crippen molar-refractivity contribution in [2.24, 2.45) is 10.9 Å². The second kappa shape index (κ2) is 12.7. The SMILES string of the molecule is CCCCOCCCNC(=NCC1CCN(CC)C1)NCC. The number of aliphatic imine (C=N–C) groups is 1. The predicted octanol–water partition coefficient (Wildman–Crippen LogP) is 2.09. The molecule has 2 N–H and O–H groups in total.